The van der Waals surface area contributed by atoms with Crippen LogP contribution in [0, 0.1) is 0 Å². The van der Waals surface area contributed by atoms with E-state index in [0.29, 0.717) is 11.4 Å². The molecule has 0 bridgehead atoms. The monoisotopic (exact) mass is 263 g/mol. The van der Waals surface area contributed by atoms with Crippen molar-refractivity contribution in [1.82, 2.24) is 9.80 Å². The summed E-state index contributed by atoms with van der Waals surface area (Å²) in [5.74, 6) is 0. The Hall–Kier alpha value is -2.11. The van der Waals surface area contributed by atoms with Gasteiger partial charge in [0, 0.05) is 46.0 Å². The average molecular weight is 263 g/mol. The minimum Gasteiger partial charge on any atom is -0.397 e. The topological polar surface area (TPSA) is 78.8 Å². The van der Waals surface area contributed by atoms with Crippen LogP contribution in [0.4, 0.5) is 21.9 Å². The lowest BCUT2D eigenvalue weighted by molar-refractivity contribution is 0.168. The highest BCUT2D eigenvalue weighted by molar-refractivity contribution is 5.74. The van der Waals surface area contributed by atoms with Crippen molar-refractivity contribution in [2.75, 3.05) is 56.6 Å². The number of piperazine rings is 1. The molecule has 2 rings (SSSR count). The second-order valence-electron chi connectivity index (χ2n) is 4.96. The Morgan fingerprint density at radius 2 is 1.74 bits per heavy atom. The molecule has 1 aliphatic heterocycles. The lowest BCUT2D eigenvalue weighted by Gasteiger charge is -2.37. The zero-order valence-corrected chi connectivity index (χ0v) is 11.5. The number of hydrogen-bond acceptors (Lipinski definition) is 4. The molecule has 6 nitrogen and oxygen atoms in total. The van der Waals surface area contributed by atoms with E-state index in [-0.39, 0.29) is 6.03 Å². The molecule has 2 amide bonds. The van der Waals surface area contributed by atoms with Crippen molar-refractivity contribution in [3.63, 3.8) is 0 Å². The van der Waals surface area contributed by atoms with Gasteiger partial charge in [-0.15, -0.1) is 0 Å². The average Bonchev–Trinajstić information content (AvgIpc) is 2.41. The summed E-state index contributed by atoms with van der Waals surface area (Å²) in [6.45, 7) is 3.06. The number of carbonyl (C=O) groups is 1. The van der Waals surface area contributed by atoms with Gasteiger partial charge in [-0.2, -0.15) is 0 Å². The van der Waals surface area contributed by atoms with Crippen LogP contribution in [0.2, 0.25) is 0 Å². The molecule has 6 heteroatoms. The summed E-state index contributed by atoms with van der Waals surface area (Å²) in [4.78, 5) is 17.5. The third kappa shape index (κ3) is 2.83. The van der Waals surface area contributed by atoms with E-state index in [1.807, 2.05) is 23.1 Å². The van der Waals surface area contributed by atoms with E-state index in [9.17, 15) is 4.79 Å². The second-order valence-corrected chi connectivity index (χ2v) is 4.96. The van der Waals surface area contributed by atoms with Gasteiger partial charge in [-0.1, -0.05) is 0 Å². The molecule has 0 aromatic heterocycles. The van der Waals surface area contributed by atoms with Crippen molar-refractivity contribution >= 4 is 23.1 Å². The van der Waals surface area contributed by atoms with Gasteiger partial charge in [-0.3, -0.25) is 0 Å². The van der Waals surface area contributed by atoms with Gasteiger partial charge in [0.15, 0.2) is 0 Å². The number of hydrogen-bond donors (Lipinski definition) is 2. The molecule has 0 saturated carbocycles. The van der Waals surface area contributed by atoms with Crippen molar-refractivity contribution in [1.29, 1.82) is 0 Å². The zero-order chi connectivity index (χ0) is 14.0. The van der Waals surface area contributed by atoms with Crippen LogP contribution in [0.25, 0.3) is 0 Å². The van der Waals surface area contributed by atoms with E-state index in [1.54, 1.807) is 19.0 Å². The number of rotatable bonds is 1. The second kappa shape index (κ2) is 5.26. The maximum atomic E-state index is 11.8. The third-order valence-electron chi connectivity index (χ3n) is 3.37. The Labute approximate surface area is 113 Å². The number of urea groups is 1. The lowest BCUT2D eigenvalue weighted by Crippen LogP contribution is -2.51. The third-order valence-corrected chi connectivity index (χ3v) is 3.37. The molecule has 0 aliphatic carbocycles. The van der Waals surface area contributed by atoms with Gasteiger partial charge in [0.05, 0.1) is 11.4 Å². The predicted octanol–water partition coefficient (Wildman–Crippen LogP) is 0.655. The smallest absolute Gasteiger partial charge is 0.319 e. The summed E-state index contributed by atoms with van der Waals surface area (Å²) in [6.07, 6.45) is 0. The highest BCUT2D eigenvalue weighted by Crippen LogP contribution is 2.24. The van der Waals surface area contributed by atoms with Crippen LogP contribution in [-0.2, 0) is 0 Å². The standard InChI is InChI=1S/C13H21N5O/c1-16(2)13(19)18-7-5-17(6-8-18)10-3-4-11(14)12(15)9-10/h3-4,9H,5-8,14-15H2,1-2H3. The Morgan fingerprint density at radius 3 is 2.26 bits per heavy atom. The van der Waals surface area contributed by atoms with Gasteiger partial charge in [-0.25, -0.2) is 4.79 Å². The van der Waals surface area contributed by atoms with E-state index >= 15 is 0 Å². The molecule has 0 spiro atoms. The predicted molar refractivity (Wildman–Crippen MR) is 78.1 cm³/mol. The molecular formula is C13H21N5O. The Balaban J connectivity index is 2.00. The van der Waals surface area contributed by atoms with Crippen LogP contribution in [0.3, 0.4) is 0 Å². The normalized spacial score (nSPS) is 15.5. The molecule has 1 aliphatic rings. The maximum absolute atomic E-state index is 11.8. The number of anilines is 3. The van der Waals surface area contributed by atoms with Gasteiger partial charge in [0.1, 0.15) is 0 Å². The summed E-state index contributed by atoms with van der Waals surface area (Å²) in [7, 11) is 3.55. The fraction of sp³-hybridized carbons (Fsp3) is 0.462. The Kier molecular flexibility index (Phi) is 3.69. The van der Waals surface area contributed by atoms with Crippen LogP contribution < -0.4 is 16.4 Å². The van der Waals surface area contributed by atoms with Gasteiger partial charge >= 0.3 is 6.03 Å². The molecule has 1 heterocycles. The molecule has 4 N–H and O–H groups in total. The molecule has 0 unspecified atom stereocenters. The number of nitrogen functional groups attached to an aromatic ring is 2. The lowest BCUT2D eigenvalue weighted by atomic mass is 10.2. The van der Waals surface area contributed by atoms with E-state index in [0.717, 1.165) is 31.9 Å². The summed E-state index contributed by atoms with van der Waals surface area (Å²) < 4.78 is 0. The van der Waals surface area contributed by atoms with Gasteiger partial charge in [0.2, 0.25) is 0 Å². The van der Waals surface area contributed by atoms with E-state index in [2.05, 4.69) is 4.90 Å². The highest BCUT2D eigenvalue weighted by Gasteiger charge is 2.22. The summed E-state index contributed by atoms with van der Waals surface area (Å²) >= 11 is 0. The van der Waals surface area contributed by atoms with Crippen molar-refractivity contribution < 1.29 is 4.79 Å². The molecule has 0 radical (unpaired) electrons. The largest absolute Gasteiger partial charge is 0.397 e. The van der Waals surface area contributed by atoms with Crippen molar-refractivity contribution in [2.45, 2.75) is 0 Å². The van der Waals surface area contributed by atoms with Crippen LogP contribution in [0.5, 0.6) is 0 Å². The van der Waals surface area contributed by atoms with Crippen molar-refractivity contribution in [2.24, 2.45) is 0 Å². The highest BCUT2D eigenvalue weighted by atomic mass is 16.2. The zero-order valence-electron chi connectivity index (χ0n) is 11.5. The first-order valence-electron chi connectivity index (χ1n) is 6.35. The minimum absolute atomic E-state index is 0.0662. The quantitative estimate of drug-likeness (QED) is 0.729. The maximum Gasteiger partial charge on any atom is 0.319 e. The SMILES string of the molecule is CN(C)C(=O)N1CCN(c2ccc(N)c(N)c2)CC1. The molecule has 1 aromatic carbocycles. The first-order valence-corrected chi connectivity index (χ1v) is 6.35. The molecule has 1 fully saturated rings. The summed E-state index contributed by atoms with van der Waals surface area (Å²) in [6, 6.07) is 5.74. The summed E-state index contributed by atoms with van der Waals surface area (Å²) in [5.41, 5.74) is 13.8. The summed E-state index contributed by atoms with van der Waals surface area (Å²) in [5, 5.41) is 0. The van der Waals surface area contributed by atoms with E-state index in [4.69, 9.17) is 11.5 Å². The number of benzene rings is 1. The van der Waals surface area contributed by atoms with Crippen LogP contribution in [-0.4, -0.2) is 56.1 Å². The van der Waals surface area contributed by atoms with E-state index in [1.165, 1.54) is 0 Å². The van der Waals surface area contributed by atoms with Crippen LogP contribution in [0.1, 0.15) is 0 Å². The first kappa shape index (κ1) is 13.3. The van der Waals surface area contributed by atoms with E-state index < -0.39 is 0 Å². The van der Waals surface area contributed by atoms with Gasteiger partial charge in [0.25, 0.3) is 0 Å². The minimum atomic E-state index is 0.0662. The van der Waals surface area contributed by atoms with Gasteiger partial charge < -0.3 is 26.2 Å². The molecule has 19 heavy (non-hydrogen) atoms. The fourth-order valence-electron chi connectivity index (χ4n) is 2.20. The molecule has 104 valence electrons. The molecule has 1 saturated heterocycles. The number of carbonyl (C=O) groups excluding carboxylic acids is 1. The van der Waals surface area contributed by atoms with Gasteiger partial charge in [-0.05, 0) is 18.2 Å². The molecular weight excluding hydrogens is 242 g/mol. The van der Waals surface area contributed by atoms with Crippen LogP contribution in [0.15, 0.2) is 18.2 Å². The van der Waals surface area contributed by atoms with Crippen molar-refractivity contribution in [3.8, 4) is 0 Å². The van der Waals surface area contributed by atoms with Crippen LogP contribution >= 0.6 is 0 Å². The molecule has 0 atom stereocenters. The molecule has 1 aromatic rings. The Morgan fingerprint density at radius 1 is 1.11 bits per heavy atom. The number of nitrogens with zero attached hydrogens (tertiary/aromatic N) is 3. The Bertz CT molecular complexity index is 466. The first-order chi connectivity index (χ1) is 8.99. The van der Waals surface area contributed by atoms with Crippen molar-refractivity contribution in [3.05, 3.63) is 18.2 Å². The number of nitrogens with two attached hydrogens (primary N) is 2. The number of amides is 2. The fourth-order valence-corrected chi connectivity index (χ4v) is 2.20.